The maximum absolute atomic E-state index is 12.8. The zero-order chi connectivity index (χ0) is 18.9. The molecule has 2 aromatic carbocycles. The highest BCUT2D eigenvalue weighted by Gasteiger charge is 2.31. The van der Waals surface area contributed by atoms with Gasteiger partial charge in [-0.25, -0.2) is 8.42 Å². The second kappa shape index (κ2) is 7.74. The second-order valence-corrected chi connectivity index (χ2v) is 9.80. The Labute approximate surface area is 162 Å². The van der Waals surface area contributed by atoms with E-state index in [-0.39, 0.29) is 0 Å². The lowest BCUT2D eigenvalue weighted by atomic mass is 10.1. The zero-order valence-corrected chi connectivity index (χ0v) is 16.6. The van der Waals surface area contributed by atoms with Crippen LogP contribution in [0.5, 0.6) is 0 Å². The summed E-state index contributed by atoms with van der Waals surface area (Å²) in [6, 6.07) is 15.1. The zero-order valence-electron chi connectivity index (χ0n) is 15.8. The molecule has 0 spiro atoms. The minimum Gasteiger partial charge on any atom is -0.381 e. The predicted octanol–water partition coefficient (Wildman–Crippen LogP) is 3.83. The van der Waals surface area contributed by atoms with Gasteiger partial charge in [0.1, 0.15) is 0 Å². The summed E-state index contributed by atoms with van der Waals surface area (Å²) in [5.74, 6) is 0.631. The van der Waals surface area contributed by atoms with Crippen molar-refractivity contribution in [3.8, 4) is 0 Å². The first-order valence-corrected chi connectivity index (χ1v) is 11.2. The molecule has 1 heterocycles. The lowest BCUT2D eigenvalue weighted by Gasteiger charge is -2.25. The van der Waals surface area contributed by atoms with Crippen LogP contribution in [0.4, 0.5) is 0 Å². The molecule has 1 aliphatic heterocycles. The van der Waals surface area contributed by atoms with Gasteiger partial charge in [-0.2, -0.15) is 0 Å². The molecule has 1 aliphatic carbocycles. The van der Waals surface area contributed by atoms with Gasteiger partial charge in [-0.15, -0.1) is 0 Å². The molecule has 0 amide bonds. The molecule has 5 heteroatoms. The van der Waals surface area contributed by atoms with Crippen molar-refractivity contribution in [3.63, 3.8) is 0 Å². The highest BCUT2D eigenvalue weighted by atomic mass is 32.2. The number of rotatable bonds is 7. The monoisotopic (exact) mass is 385 g/mol. The van der Waals surface area contributed by atoms with Crippen LogP contribution in [0.25, 0.3) is 0 Å². The van der Waals surface area contributed by atoms with Gasteiger partial charge >= 0.3 is 0 Å². The molecule has 2 fully saturated rings. The Morgan fingerprint density at radius 2 is 1.59 bits per heavy atom. The van der Waals surface area contributed by atoms with Crippen molar-refractivity contribution in [2.45, 2.75) is 48.6 Å². The molecule has 1 saturated carbocycles. The second-order valence-electron chi connectivity index (χ2n) is 7.85. The van der Waals surface area contributed by atoms with Gasteiger partial charge in [0.2, 0.25) is 9.84 Å². The predicted molar refractivity (Wildman–Crippen MR) is 105 cm³/mol. The summed E-state index contributed by atoms with van der Waals surface area (Å²) in [4.78, 5) is 3.25. The van der Waals surface area contributed by atoms with Crippen LogP contribution in [0.2, 0.25) is 0 Å². The summed E-state index contributed by atoms with van der Waals surface area (Å²) in [7, 11) is -3.45. The molecule has 1 saturated heterocycles. The number of sulfone groups is 1. The topological polar surface area (TPSA) is 46.6 Å². The van der Waals surface area contributed by atoms with Crippen LogP contribution in [-0.2, 0) is 21.1 Å². The first-order valence-electron chi connectivity index (χ1n) is 9.75. The molecule has 2 aromatic rings. The standard InChI is InChI=1S/C22H27NO3S/c1-17-2-8-21(9-3-17)27(24,25)22-10-4-18(5-11-22)14-23(20-6-7-20)15-19-12-13-26-16-19/h2-5,8-11,19-20H,6-7,12-16H2,1H3/t19-/m0/s1. The third-order valence-corrected chi connectivity index (χ3v) is 7.32. The van der Waals surface area contributed by atoms with Gasteiger partial charge in [0.15, 0.2) is 0 Å². The van der Waals surface area contributed by atoms with Crippen LogP contribution in [0.15, 0.2) is 58.3 Å². The Kier molecular flexibility index (Phi) is 5.35. The fraction of sp³-hybridized carbons (Fsp3) is 0.455. The van der Waals surface area contributed by atoms with Crippen molar-refractivity contribution in [1.29, 1.82) is 0 Å². The number of nitrogens with zero attached hydrogens (tertiary/aromatic N) is 1. The van der Waals surface area contributed by atoms with Crippen molar-refractivity contribution < 1.29 is 13.2 Å². The average Bonchev–Trinajstić information content (AvgIpc) is 3.39. The van der Waals surface area contributed by atoms with E-state index < -0.39 is 9.84 Å². The van der Waals surface area contributed by atoms with E-state index >= 15 is 0 Å². The van der Waals surface area contributed by atoms with E-state index in [9.17, 15) is 8.42 Å². The van der Waals surface area contributed by atoms with Crippen LogP contribution >= 0.6 is 0 Å². The van der Waals surface area contributed by atoms with Crippen LogP contribution in [0.3, 0.4) is 0 Å². The summed E-state index contributed by atoms with van der Waals surface area (Å²) < 4.78 is 31.1. The molecule has 2 aliphatic rings. The largest absolute Gasteiger partial charge is 0.381 e. The van der Waals surface area contributed by atoms with Crippen LogP contribution in [0.1, 0.15) is 30.4 Å². The Morgan fingerprint density at radius 1 is 0.963 bits per heavy atom. The van der Waals surface area contributed by atoms with Crippen molar-refractivity contribution in [3.05, 3.63) is 59.7 Å². The Bertz CT molecular complexity index is 865. The van der Waals surface area contributed by atoms with Crippen LogP contribution in [0, 0.1) is 12.8 Å². The number of hydrogen-bond donors (Lipinski definition) is 0. The molecule has 1 atom stereocenters. The van der Waals surface area contributed by atoms with Gasteiger partial charge in [0.25, 0.3) is 0 Å². The van der Waals surface area contributed by atoms with E-state index in [2.05, 4.69) is 4.90 Å². The fourth-order valence-electron chi connectivity index (χ4n) is 3.70. The summed E-state index contributed by atoms with van der Waals surface area (Å²) >= 11 is 0. The highest BCUT2D eigenvalue weighted by molar-refractivity contribution is 7.91. The minimum absolute atomic E-state index is 0.349. The maximum atomic E-state index is 12.8. The molecular weight excluding hydrogens is 358 g/mol. The molecule has 27 heavy (non-hydrogen) atoms. The van der Waals surface area contributed by atoms with Gasteiger partial charge < -0.3 is 4.74 Å². The normalized spacial score (nSPS) is 20.3. The molecule has 0 radical (unpaired) electrons. The smallest absolute Gasteiger partial charge is 0.206 e. The lowest BCUT2D eigenvalue weighted by molar-refractivity contribution is 0.161. The summed E-state index contributed by atoms with van der Waals surface area (Å²) in [5, 5.41) is 0. The first-order chi connectivity index (χ1) is 13.0. The van der Waals surface area contributed by atoms with Crippen molar-refractivity contribution >= 4 is 9.84 Å². The SMILES string of the molecule is Cc1ccc(S(=O)(=O)c2ccc(CN(C[C@@H]3CCOC3)C3CC3)cc2)cc1. The molecule has 0 aromatic heterocycles. The Hall–Kier alpha value is -1.69. The van der Waals surface area contributed by atoms with Crippen molar-refractivity contribution in [2.24, 2.45) is 5.92 Å². The molecule has 0 unspecified atom stereocenters. The quantitative estimate of drug-likeness (QED) is 0.727. The summed E-state index contributed by atoms with van der Waals surface area (Å²) in [6.45, 7) is 5.67. The Balaban J connectivity index is 1.47. The minimum atomic E-state index is -3.45. The van der Waals surface area contributed by atoms with Gasteiger partial charge in [0, 0.05) is 25.7 Å². The van der Waals surface area contributed by atoms with Gasteiger partial charge in [-0.1, -0.05) is 29.8 Å². The average molecular weight is 386 g/mol. The molecule has 4 rings (SSSR count). The first kappa shape index (κ1) is 18.7. The molecule has 144 valence electrons. The van der Waals surface area contributed by atoms with Crippen LogP contribution in [-0.4, -0.2) is 39.1 Å². The lowest BCUT2D eigenvalue weighted by Crippen LogP contribution is -2.31. The molecule has 0 N–H and O–H groups in total. The number of hydrogen-bond acceptors (Lipinski definition) is 4. The highest BCUT2D eigenvalue weighted by Crippen LogP contribution is 2.31. The van der Waals surface area contributed by atoms with E-state index in [4.69, 9.17) is 4.74 Å². The van der Waals surface area contributed by atoms with Gasteiger partial charge in [-0.3, -0.25) is 4.90 Å². The van der Waals surface area contributed by atoms with E-state index in [1.807, 2.05) is 31.2 Å². The molecule has 0 bridgehead atoms. The van der Waals surface area contributed by atoms with Crippen molar-refractivity contribution in [2.75, 3.05) is 19.8 Å². The van der Waals surface area contributed by atoms with Crippen LogP contribution < -0.4 is 0 Å². The maximum Gasteiger partial charge on any atom is 0.206 e. The number of ether oxygens (including phenoxy) is 1. The van der Waals surface area contributed by atoms with Gasteiger partial charge in [0.05, 0.1) is 16.4 Å². The Morgan fingerprint density at radius 3 is 2.15 bits per heavy atom. The van der Waals surface area contributed by atoms with E-state index in [1.165, 1.54) is 18.4 Å². The number of aryl methyl sites for hydroxylation is 1. The van der Waals surface area contributed by atoms with E-state index in [1.54, 1.807) is 24.3 Å². The third kappa shape index (κ3) is 4.42. The van der Waals surface area contributed by atoms with Crippen molar-refractivity contribution in [1.82, 2.24) is 4.90 Å². The third-order valence-electron chi connectivity index (χ3n) is 5.53. The summed E-state index contributed by atoms with van der Waals surface area (Å²) in [5.41, 5.74) is 2.22. The number of benzene rings is 2. The fourth-order valence-corrected chi connectivity index (χ4v) is 4.96. The van der Waals surface area contributed by atoms with E-state index in [0.717, 1.165) is 38.3 Å². The molecular formula is C22H27NO3S. The van der Waals surface area contributed by atoms with Gasteiger partial charge in [-0.05, 0) is 61.9 Å². The van der Waals surface area contributed by atoms with E-state index in [0.29, 0.717) is 21.8 Å². The molecule has 4 nitrogen and oxygen atoms in total. The summed E-state index contributed by atoms with van der Waals surface area (Å²) in [6.07, 6.45) is 3.69.